The molecule has 0 aliphatic heterocycles. The van der Waals surface area contributed by atoms with Gasteiger partial charge < -0.3 is 10.1 Å². The number of ether oxygens (including phenoxy) is 1. The first-order chi connectivity index (χ1) is 8.18. The third kappa shape index (κ3) is 6.59. The molecule has 0 radical (unpaired) electrons. The van der Waals surface area contributed by atoms with Crippen LogP contribution >= 0.6 is 22.6 Å². The Hall–Kier alpha value is -0.290. The molecule has 102 valence electrons. The van der Waals surface area contributed by atoms with Crippen molar-refractivity contribution in [3.63, 3.8) is 0 Å². The first kappa shape index (κ1) is 15.8. The summed E-state index contributed by atoms with van der Waals surface area (Å²) in [6.07, 6.45) is 0. The van der Waals surface area contributed by atoms with Gasteiger partial charge in [-0.3, -0.25) is 0 Å². The van der Waals surface area contributed by atoms with Gasteiger partial charge >= 0.3 is 0 Å². The number of hydrogen-bond donors (Lipinski definition) is 1. The van der Waals surface area contributed by atoms with E-state index in [-0.39, 0.29) is 11.0 Å². The number of rotatable bonds is 5. The van der Waals surface area contributed by atoms with Crippen molar-refractivity contribution < 1.29 is 4.74 Å². The van der Waals surface area contributed by atoms with E-state index < -0.39 is 0 Å². The minimum absolute atomic E-state index is 0.120. The SMILES string of the molecule is CC(C)(CNC(C)(C)C)COc1cccc(I)c1. The maximum atomic E-state index is 5.87. The number of halogens is 1. The zero-order valence-corrected chi connectivity index (χ0v) is 14.2. The van der Waals surface area contributed by atoms with Crippen molar-refractivity contribution in [2.45, 2.75) is 40.2 Å². The van der Waals surface area contributed by atoms with Gasteiger partial charge in [0, 0.05) is 21.1 Å². The first-order valence-corrected chi connectivity index (χ1v) is 7.39. The van der Waals surface area contributed by atoms with Gasteiger partial charge in [-0.2, -0.15) is 0 Å². The summed E-state index contributed by atoms with van der Waals surface area (Å²) in [5.74, 6) is 0.950. The summed E-state index contributed by atoms with van der Waals surface area (Å²) < 4.78 is 7.08. The Balaban J connectivity index is 2.46. The van der Waals surface area contributed by atoms with Gasteiger partial charge in [-0.1, -0.05) is 19.9 Å². The standard InChI is InChI=1S/C15H24INO/c1-14(2,3)17-10-15(4,5)11-18-13-8-6-7-12(16)9-13/h6-9,17H,10-11H2,1-5H3. The third-order valence-corrected chi connectivity index (χ3v) is 3.19. The van der Waals surface area contributed by atoms with Gasteiger partial charge in [0.05, 0.1) is 6.61 Å². The van der Waals surface area contributed by atoms with E-state index in [9.17, 15) is 0 Å². The summed E-state index contributed by atoms with van der Waals surface area (Å²) in [6, 6.07) is 8.17. The summed E-state index contributed by atoms with van der Waals surface area (Å²) in [5.41, 5.74) is 0.272. The molecule has 18 heavy (non-hydrogen) atoms. The van der Waals surface area contributed by atoms with Crippen LogP contribution in [0.3, 0.4) is 0 Å². The predicted molar refractivity (Wildman–Crippen MR) is 86.2 cm³/mol. The van der Waals surface area contributed by atoms with E-state index >= 15 is 0 Å². The Morgan fingerprint density at radius 3 is 2.39 bits per heavy atom. The monoisotopic (exact) mass is 361 g/mol. The van der Waals surface area contributed by atoms with E-state index in [1.165, 1.54) is 3.57 Å². The highest BCUT2D eigenvalue weighted by molar-refractivity contribution is 14.1. The van der Waals surface area contributed by atoms with E-state index in [1.54, 1.807) is 0 Å². The summed E-state index contributed by atoms with van der Waals surface area (Å²) >= 11 is 2.30. The Labute approximate surface area is 125 Å². The van der Waals surface area contributed by atoms with Gasteiger partial charge in [-0.25, -0.2) is 0 Å². The minimum atomic E-state index is 0.120. The van der Waals surface area contributed by atoms with Crippen LogP contribution in [-0.4, -0.2) is 18.7 Å². The lowest BCUT2D eigenvalue weighted by molar-refractivity contribution is 0.165. The molecule has 3 heteroatoms. The van der Waals surface area contributed by atoms with Crippen molar-refractivity contribution >= 4 is 22.6 Å². The summed E-state index contributed by atoms with van der Waals surface area (Å²) in [7, 11) is 0. The number of benzene rings is 1. The molecule has 0 aliphatic carbocycles. The summed E-state index contributed by atoms with van der Waals surface area (Å²) in [4.78, 5) is 0. The molecule has 1 N–H and O–H groups in total. The molecule has 1 aromatic carbocycles. The Bertz CT molecular complexity index is 382. The Morgan fingerprint density at radius 1 is 1.17 bits per heavy atom. The molecule has 0 unspecified atom stereocenters. The molecule has 0 fully saturated rings. The first-order valence-electron chi connectivity index (χ1n) is 6.31. The largest absolute Gasteiger partial charge is 0.493 e. The van der Waals surface area contributed by atoms with Crippen molar-refractivity contribution in [1.82, 2.24) is 5.32 Å². The van der Waals surface area contributed by atoms with Crippen molar-refractivity contribution in [3.05, 3.63) is 27.8 Å². The van der Waals surface area contributed by atoms with Gasteiger partial charge in [0.25, 0.3) is 0 Å². The molecule has 0 amide bonds. The third-order valence-electron chi connectivity index (χ3n) is 2.52. The lowest BCUT2D eigenvalue weighted by Crippen LogP contribution is -2.43. The second kappa shape index (κ2) is 6.24. The molecule has 0 saturated heterocycles. The quantitative estimate of drug-likeness (QED) is 0.798. The average molecular weight is 361 g/mol. The molecule has 0 atom stereocenters. The molecular formula is C15H24INO. The molecule has 0 aromatic heterocycles. The van der Waals surface area contributed by atoms with Crippen LogP contribution in [0.25, 0.3) is 0 Å². The van der Waals surface area contributed by atoms with Crippen molar-refractivity contribution in [2.75, 3.05) is 13.2 Å². The van der Waals surface area contributed by atoms with Crippen molar-refractivity contribution in [3.8, 4) is 5.75 Å². The second-order valence-corrected chi connectivity index (χ2v) is 7.76. The second-order valence-electron chi connectivity index (χ2n) is 6.51. The van der Waals surface area contributed by atoms with Crippen LogP contribution in [0.15, 0.2) is 24.3 Å². The molecule has 0 saturated carbocycles. The maximum Gasteiger partial charge on any atom is 0.120 e. The molecule has 0 spiro atoms. The van der Waals surface area contributed by atoms with Crippen molar-refractivity contribution in [1.29, 1.82) is 0 Å². The van der Waals surface area contributed by atoms with Crippen LogP contribution in [0.4, 0.5) is 0 Å². The van der Waals surface area contributed by atoms with E-state index in [4.69, 9.17) is 4.74 Å². The summed E-state index contributed by atoms with van der Waals surface area (Å²) in [6.45, 7) is 12.7. The van der Waals surface area contributed by atoms with Gasteiger partial charge in [0.15, 0.2) is 0 Å². The molecule has 1 aromatic rings. The Morgan fingerprint density at radius 2 is 1.83 bits per heavy atom. The van der Waals surface area contributed by atoms with E-state index in [0.717, 1.165) is 18.9 Å². The van der Waals surface area contributed by atoms with Crippen LogP contribution < -0.4 is 10.1 Å². The highest BCUT2D eigenvalue weighted by Gasteiger charge is 2.21. The molecular weight excluding hydrogens is 337 g/mol. The van der Waals surface area contributed by atoms with Gasteiger partial charge in [-0.15, -0.1) is 0 Å². The van der Waals surface area contributed by atoms with Crippen LogP contribution in [0.5, 0.6) is 5.75 Å². The summed E-state index contributed by atoms with van der Waals surface area (Å²) in [5, 5.41) is 3.53. The molecule has 2 nitrogen and oxygen atoms in total. The van der Waals surface area contributed by atoms with Gasteiger partial charge in [0.1, 0.15) is 5.75 Å². The lowest BCUT2D eigenvalue weighted by Gasteiger charge is -2.30. The predicted octanol–water partition coefficient (Wildman–Crippen LogP) is 4.08. The van der Waals surface area contributed by atoms with Crippen molar-refractivity contribution in [2.24, 2.45) is 5.41 Å². The molecule has 0 heterocycles. The molecule has 1 rings (SSSR count). The topological polar surface area (TPSA) is 21.3 Å². The maximum absolute atomic E-state index is 5.87. The fourth-order valence-corrected chi connectivity index (χ4v) is 1.91. The molecule has 0 bridgehead atoms. The van der Waals surface area contributed by atoms with Gasteiger partial charge in [-0.05, 0) is 61.6 Å². The van der Waals surface area contributed by atoms with E-state index in [2.05, 4.69) is 74.7 Å². The fourth-order valence-electron chi connectivity index (χ4n) is 1.39. The van der Waals surface area contributed by atoms with Gasteiger partial charge in [0.2, 0.25) is 0 Å². The highest BCUT2D eigenvalue weighted by atomic mass is 127. The number of nitrogens with one attached hydrogen (secondary N) is 1. The minimum Gasteiger partial charge on any atom is -0.493 e. The van der Waals surface area contributed by atoms with Crippen LogP contribution in [0, 0.1) is 8.99 Å². The van der Waals surface area contributed by atoms with E-state index in [0.29, 0.717) is 0 Å². The fraction of sp³-hybridized carbons (Fsp3) is 0.600. The Kier molecular flexibility index (Phi) is 5.46. The zero-order valence-electron chi connectivity index (χ0n) is 12.0. The average Bonchev–Trinajstić information content (AvgIpc) is 2.24. The lowest BCUT2D eigenvalue weighted by atomic mass is 9.93. The highest BCUT2D eigenvalue weighted by Crippen LogP contribution is 2.20. The van der Waals surface area contributed by atoms with E-state index in [1.807, 2.05) is 12.1 Å². The number of hydrogen-bond acceptors (Lipinski definition) is 2. The van der Waals surface area contributed by atoms with Crippen LogP contribution in [0.2, 0.25) is 0 Å². The zero-order chi connectivity index (χ0) is 13.8. The van der Waals surface area contributed by atoms with Crippen LogP contribution in [-0.2, 0) is 0 Å². The molecule has 0 aliphatic rings. The smallest absolute Gasteiger partial charge is 0.120 e. The van der Waals surface area contributed by atoms with Crippen LogP contribution in [0.1, 0.15) is 34.6 Å². The normalized spacial score (nSPS) is 12.6.